The van der Waals surface area contributed by atoms with E-state index in [1.54, 1.807) is 6.92 Å². The fraction of sp³-hybridized carbons (Fsp3) is 0.867. The third-order valence-corrected chi connectivity index (χ3v) is 3.47. The Bertz CT molecular complexity index is 322. The van der Waals surface area contributed by atoms with Gasteiger partial charge in [0.2, 0.25) is 0 Å². The van der Waals surface area contributed by atoms with Gasteiger partial charge < -0.3 is 9.47 Å². The molecule has 1 aliphatic carbocycles. The van der Waals surface area contributed by atoms with Crippen molar-refractivity contribution in [2.45, 2.75) is 59.5 Å². The number of carbonyl (C=O) groups is 2. The van der Waals surface area contributed by atoms with Crippen LogP contribution in [-0.4, -0.2) is 31.1 Å². The number of rotatable bonds is 6. The lowest BCUT2D eigenvalue weighted by Gasteiger charge is -2.38. The van der Waals surface area contributed by atoms with E-state index in [2.05, 4.69) is 20.8 Å². The summed E-state index contributed by atoms with van der Waals surface area (Å²) in [4.78, 5) is 22.7. The van der Waals surface area contributed by atoms with Crippen LogP contribution in [0.3, 0.4) is 0 Å². The topological polar surface area (TPSA) is 52.6 Å². The molecule has 0 saturated heterocycles. The van der Waals surface area contributed by atoms with Crippen molar-refractivity contribution < 1.29 is 19.1 Å². The molecule has 2 atom stereocenters. The third-order valence-electron chi connectivity index (χ3n) is 3.47. The predicted molar refractivity (Wildman–Crippen MR) is 72.8 cm³/mol. The van der Waals surface area contributed by atoms with Gasteiger partial charge in [-0.05, 0) is 37.5 Å². The van der Waals surface area contributed by atoms with Crippen LogP contribution in [0, 0.1) is 11.3 Å². The maximum absolute atomic E-state index is 11.6. The summed E-state index contributed by atoms with van der Waals surface area (Å²) in [6, 6.07) is 0. The molecule has 0 bridgehead atoms. The molecule has 1 saturated carbocycles. The Morgan fingerprint density at radius 1 is 1.26 bits per heavy atom. The summed E-state index contributed by atoms with van der Waals surface area (Å²) < 4.78 is 10.4. The summed E-state index contributed by atoms with van der Waals surface area (Å²) in [5.74, 6) is -0.0446. The molecule has 4 heteroatoms. The molecule has 0 aromatic carbocycles. The van der Waals surface area contributed by atoms with Crippen LogP contribution in [0.25, 0.3) is 0 Å². The second-order valence-electron chi connectivity index (χ2n) is 6.37. The first-order valence-corrected chi connectivity index (χ1v) is 7.11. The molecule has 1 rings (SSSR count). The van der Waals surface area contributed by atoms with Crippen LogP contribution >= 0.6 is 0 Å². The number of ether oxygens (including phenoxy) is 2. The number of hydrogen-bond donors (Lipinski definition) is 0. The molecule has 0 aliphatic heterocycles. The monoisotopic (exact) mass is 270 g/mol. The Hall–Kier alpha value is -0.900. The highest BCUT2D eigenvalue weighted by molar-refractivity contribution is 5.96. The summed E-state index contributed by atoms with van der Waals surface area (Å²) in [6.45, 7) is 8.74. The first-order chi connectivity index (χ1) is 8.82. The van der Waals surface area contributed by atoms with Gasteiger partial charge in [-0.2, -0.15) is 0 Å². The predicted octanol–water partition coefficient (Wildman–Crippen LogP) is 2.74. The zero-order valence-electron chi connectivity index (χ0n) is 12.5. The standard InChI is InChI=1S/C15H26O4/c1-5-18-14(17)7-12(16)10-19-13-6-11(2)8-15(3,4)9-13/h11,13H,5-10H2,1-4H3. The molecule has 0 aromatic heterocycles. The zero-order chi connectivity index (χ0) is 14.5. The lowest BCUT2D eigenvalue weighted by Crippen LogP contribution is -2.33. The van der Waals surface area contributed by atoms with E-state index in [0.717, 1.165) is 12.8 Å². The van der Waals surface area contributed by atoms with Gasteiger partial charge in [0.05, 0.1) is 12.7 Å². The normalized spacial score (nSPS) is 25.9. The van der Waals surface area contributed by atoms with Crippen molar-refractivity contribution in [3.8, 4) is 0 Å². The fourth-order valence-electron chi connectivity index (χ4n) is 3.02. The molecular formula is C15H26O4. The maximum Gasteiger partial charge on any atom is 0.313 e. The second-order valence-corrected chi connectivity index (χ2v) is 6.37. The highest BCUT2D eigenvalue weighted by atomic mass is 16.5. The molecule has 110 valence electrons. The van der Waals surface area contributed by atoms with Gasteiger partial charge in [0.25, 0.3) is 0 Å². The van der Waals surface area contributed by atoms with E-state index in [1.807, 2.05) is 0 Å². The SMILES string of the molecule is CCOC(=O)CC(=O)COC1CC(C)CC(C)(C)C1. The third kappa shape index (κ3) is 6.19. The van der Waals surface area contributed by atoms with Gasteiger partial charge in [-0.3, -0.25) is 9.59 Å². The van der Waals surface area contributed by atoms with E-state index in [0.29, 0.717) is 12.5 Å². The van der Waals surface area contributed by atoms with Crippen molar-refractivity contribution in [3.63, 3.8) is 0 Å². The van der Waals surface area contributed by atoms with E-state index in [9.17, 15) is 9.59 Å². The fourth-order valence-corrected chi connectivity index (χ4v) is 3.02. The van der Waals surface area contributed by atoms with E-state index < -0.39 is 5.97 Å². The molecule has 0 radical (unpaired) electrons. The second kappa shape index (κ2) is 7.04. The van der Waals surface area contributed by atoms with Crippen molar-refractivity contribution in [2.24, 2.45) is 11.3 Å². The Kier molecular flexibility index (Phi) is 5.98. The van der Waals surface area contributed by atoms with E-state index in [4.69, 9.17) is 9.47 Å². The minimum Gasteiger partial charge on any atom is -0.466 e. The Morgan fingerprint density at radius 3 is 2.53 bits per heavy atom. The van der Waals surface area contributed by atoms with Gasteiger partial charge in [0, 0.05) is 0 Å². The molecule has 0 amide bonds. The average molecular weight is 270 g/mol. The molecule has 0 spiro atoms. The quantitative estimate of drug-likeness (QED) is 0.550. The van der Waals surface area contributed by atoms with Crippen LogP contribution in [0.1, 0.15) is 53.4 Å². The van der Waals surface area contributed by atoms with Crippen molar-refractivity contribution in [2.75, 3.05) is 13.2 Å². The maximum atomic E-state index is 11.6. The molecule has 4 nitrogen and oxygen atoms in total. The van der Waals surface area contributed by atoms with Gasteiger partial charge in [0.15, 0.2) is 5.78 Å². The van der Waals surface area contributed by atoms with Crippen molar-refractivity contribution >= 4 is 11.8 Å². The van der Waals surface area contributed by atoms with Crippen LogP contribution in [-0.2, 0) is 19.1 Å². The highest BCUT2D eigenvalue weighted by Crippen LogP contribution is 2.39. The number of Topliss-reactive ketones (excluding diaryl/α,β-unsaturated/α-hetero) is 1. The molecular weight excluding hydrogens is 244 g/mol. The number of carbonyl (C=O) groups excluding carboxylic acids is 2. The Labute approximate surface area is 115 Å². The van der Waals surface area contributed by atoms with Crippen LogP contribution in [0.5, 0.6) is 0 Å². The highest BCUT2D eigenvalue weighted by Gasteiger charge is 2.32. The number of ketones is 1. The van der Waals surface area contributed by atoms with Crippen LogP contribution in [0.4, 0.5) is 0 Å². The summed E-state index contributed by atoms with van der Waals surface area (Å²) in [5.41, 5.74) is 0.270. The summed E-state index contributed by atoms with van der Waals surface area (Å²) >= 11 is 0. The summed E-state index contributed by atoms with van der Waals surface area (Å²) in [7, 11) is 0. The van der Waals surface area contributed by atoms with Gasteiger partial charge in [0.1, 0.15) is 13.0 Å². The molecule has 0 aromatic rings. The first-order valence-electron chi connectivity index (χ1n) is 7.11. The van der Waals surface area contributed by atoms with Gasteiger partial charge in [-0.1, -0.05) is 20.8 Å². The number of hydrogen-bond acceptors (Lipinski definition) is 4. The van der Waals surface area contributed by atoms with Crippen molar-refractivity contribution in [1.29, 1.82) is 0 Å². The van der Waals surface area contributed by atoms with E-state index in [1.165, 1.54) is 6.42 Å². The van der Waals surface area contributed by atoms with E-state index in [-0.39, 0.29) is 30.3 Å². The van der Waals surface area contributed by atoms with Crippen LogP contribution in [0.2, 0.25) is 0 Å². The zero-order valence-corrected chi connectivity index (χ0v) is 12.5. The summed E-state index contributed by atoms with van der Waals surface area (Å²) in [6.07, 6.45) is 3.12. The largest absolute Gasteiger partial charge is 0.466 e. The van der Waals surface area contributed by atoms with Crippen LogP contribution in [0.15, 0.2) is 0 Å². The smallest absolute Gasteiger partial charge is 0.313 e. The van der Waals surface area contributed by atoms with Crippen LogP contribution < -0.4 is 0 Å². The molecule has 2 unspecified atom stereocenters. The summed E-state index contributed by atoms with van der Waals surface area (Å²) in [5, 5.41) is 0. The first kappa shape index (κ1) is 16.2. The van der Waals surface area contributed by atoms with Crippen molar-refractivity contribution in [1.82, 2.24) is 0 Å². The molecule has 1 fully saturated rings. The Balaban J connectivity index is 2.32. The van der Waals surface area contributed by atoms with Gasteiger partial charge >= 0.3 is 5.97 Å². The molecule has 0 N–H and O–H groups in total. The minimum atomic E-state index is -0.464. The molecule has 0 heterocycles. The van der Waals surface area contributed by atoms with Gasteiger partial charge in [-0.25, -0.2) is 0 Å². The lowest BCUT2D eigenvalue weighted by molar-refractivity contribution is -0.147. The lowest BCUT2D eigenvalue weighted by atomic mass is 9.71. The minimum absolute atomic E-state index is 0.0201. The molecule has 19 heavy (non-hydrogen) atoms. The average Bonchev–Trinajstić information content (AvgIpc) is 2.23. The van der Waals surface area contributed by atoms with Crippen molar-refractivity contribution in [3.05, 3.63) is 0 Å². The van der Waals surface area contributed by atoms with Gasteiger partial charge in [-0.15, -0.1) is 0 Å². The Morgan fingerprint density at radius 2 is 1.95 bits per heavy atom. The molecule has 1 aliphatic rings. The van der Waals surface area contributed by atoms with E-state index >= 15 is 0 Å². The number of esters is 1.